The maximum atomic E-state index is 12.4. The first-order valence-corrected chi connectivity index (χ1v) is 4.21. The number of rotatable bonds is 1. The van der Waals surface area contributed by atoms with Crippen molar-refractivity contribution in [3.8, 4) is 0 Å². The van der Waals surface area contributed by atoms with E-state index in [1.54, 1.807) is 0 Å². The van der Waals surface area contributed by atoms with E-state index in [0.717, 1.165) is 24.3 Å². The minimum Gasteiger partial charge on any atom is -0.207 e. The lowest BCUT2D eigenvalue weighted by atomic mass is 10.1. The summed E-state index contributed by atoms with van der Waals surface area (Å²) < 4.78 is 46.2. The average Bonchev–Trinajstić information content (AvgIpc) is 2.03. The van der Waals surface area contributed by atoms with Gasteiger partial charge in [-0.2, -0.15) is 13.2 Å². The molecule has 0 unspecified atom stereocenters. The summed E-state index contributed by atoms with van der Waals surface area (Å²) in [5.74, 6) is -0.653. The molecule has 0 nitrogen and oxygen atoms in total. The number of alkyl halides is 5. The second-order valence-corrected chi connectivity index (χ2v) is 3.91. The van der Waals surface area contributed by atoms with E-state index >= 15 is 0 Å². The van der Waals surface area contributed by atoms with Crippen LogP contribution >= 0.6 is 23.2 Å². The van der Waals surface area contributed by atoms with E-state index in [4.69, 9.17) is 23.2 Å². The summed E-state index contributed by atoms with van der Waals surface area (Å²) in [5, 5.41) is 0. The molecule has 0 aliphatic rings. The van der Waals surface area contributed by atoms with E-state index in [1.807, 2.05) is 0 Å². The van der Waals surface area contributed by atoms with Crippen molar-refractivity contribution in [1.29, 1.82) is 0 Å². The van der Waals surface area contributed by atoms with Gasteiger partial charge in [-0.25, -0.2) is 4.39 Å². The fraction of sp³-hybridized carbons (Fsp3) is 0.250. The number of hydrogen-bond donors (Lipinski definition) is 0. The highest BCUT2D eigenvalue weighted by molar-refractivity contribution is 6.48. The van der Waals surface area contributed by atoms with E-state index < -0.39 is 21.9 Å². The first-order chi connectivity index (χ1) is 6.25. The van der Waals surface area contributed by atoms with Gasteiger partial charge in [0.2, 0.25) is 4.33 Å². The minimum atomic E-state index is -4.80. The molecule has 0 fully saturated rings. The Balaban J connectivity index is 3.10. The summed E-state index contributed by atoms with van der Waals surface area (Å²) >= 11 is 10.2. The van der Waals surface area contributed by atoms with Crippen LogP contribution in [0.5, 0.6) is 0 Å². The van der Waals surface area contributed by atoms with Gasteiger partial charge in [0.15, 0.2) is 0 Å². The Morgan fingerprint density at radius 2 is 1.36 bits per heavy atom. The Morgan fingerprint density at radius 3 is 1.71 bits per heavy atom. The van der Waals surface area contributed by atoms with Crippen LogP contribution in [0.3, 0.4) is 0 Å². The predicted octanol–water partition coefficient (Wildman–Crippen LogP) is 4.02. The number of benzene rings is 1. The molecule has 0 radical (unpaired) electrons. The topological polar surface area (TPSA) is 0 Å². The summed E-state index contributed by atoms with van der Waals surface area (Å²) in [6.45, 7) is 0. The first kappa shape index (κ1) is 11.6. The summed E-state index contributed by atoms with van der Waals surface area (Å²) in [5.41, 5.74) is -0.408. The van der Waals surface area contributed by atoms with Gasteiger partial charge in [0, 0.05) is 0 Å². The summed E-state index contributed by atoms with van der Waals surface area (Å²) in [6.07, 6.45) is -4.80. The molecule has 1 aromatic carbocycles. The van der Waals surface area contributed by atoms with Crippen LogP contribution in [-0.4, -0.2) is 6.18 Å². The highest BCUT2D eigenvalue weighted by Gasteiger charge is 2.53. The van der Waals surface area contributed by atoms with Gasteiger partial charge in [0.05, 0.1) is 0 Å². The largest absolute Gasteiger partial charge is 0.425 e. The molecule has 0 saturated carbocycles. The van der Waals surface area contributed by atoms with E-state index in [9.17, 15) is 17.6 Å². The van der Waals surface area contributed by atoms with Crippen LogP contribution in [0.2, 0.25) is 0 Å². The van der Waals surface area contributed by atoms with Gasteiger partial charge in [-0.15, -0.1) is 0 Å². The van der Waals surface area contributed by atoms with Crippen molar-refractivity contribution in [1.82, 2.24) is 0 Å². The highest BCUT2D eigenvalue weighted by Crippen LogP contribution is 2.47. The maximum absolute atomic E-state index is 12.4. The quantitative estimate of drug-likeness (QED) is 0.519. The average molecular weight is 247 g/mol. The van der Waals surface area contributed by atoms with E-state index in [1.165, 1.54) is 0 Å². The molecule has 14 heavy (non-hydrogen) atoms. The van der Waals surface area contributed by atoms with E-state index in [0.29, 0.717) is 0 Å². The number of hydrogen-bond acceptors (Lipinski definition) is 0. The van der Waals surface area contributed by atoms with Crippen LogP contribution in [0.1, 0.15) is 5.56 Å². The maximum Gasteiger partial charge on any atom is 0.425 e. The Hall–Kier alpha value is -0.480. The van der Waals surface area contributed by atoms with Crippen molar-refractivity contribution in [3.05, 3.63) is 35.6 Å². The summed E-state index contributed by atoms with van der Waals surface area (Å²) in [4.78, 5) is 0. The van der Waals surface area contributed by atoms with Crippen LogP contribution in [0.15, 0.2) is 24.3 Å². The molecule has 0 bridgehead atoms. The minimum absolute atomic E-state index is 0.408. The van der Waals surface area contributed by atoms with Crippen molar-refractivity contribution in [2.24, 2.45) is 0 Å². The molecule has 0 amide bonds. The zero-order valence-electron chi connectivity index (χ0n) is 6.58. The molecule has 1 rings (SSSR count). The van der Waals surface area contributed by atoms with Crippen molar-refractivity contribution < 1.29 is 17.6 Å². The van der Waals surface area contributed by atoms with Crippen LogP contribution in [0, 0.1) is 5.82 Å². The normalized spacial score (nSPS) is 13.0. The standard InChI is InChI=1S/C8H4Cl2F4/c9-7(10,8(12,13)14)5-1-3-6(11)4-2-5/h1-4H. The Kier molecular flexibility index (Phi) is 2.97. The van der Waals surface area contributed by atoms with Gasteiger partial charge < -0.3 is 0 Å². The second kappa shape index (κ2) is 3.59. The first-order valence-electron chi connectivity index (χ1n) is 3.46. The third-order valence-corrected chi connectivity index (χ3v) is 2.43. The van der Waals surface area contributed by atoms with Crippen LogP contribution in [0.25, 0.3) is 0 Å². The third kappa shape index (κ3) is 2.12. The Labute approximate surface area is 87.4 Å². The molecule has 1 aromatic rings. The molecule has 0 N–H and O–H groups in total. The molecule has 6 heteroatoms. The molecule has 0 aromatic heterocycles. The van der Waals surface area contributed by atoms with Crippen LogP contribution < -0.4 is 0 Å². The van der Waals surface area contributed by atoms with Crippen molar-refractivity contribution >= 4 is 23.2 Å². The van der Waals surface area contributed by atoms with E-state index in [2.05, 4.69) is 0 Å². The molecular weight excluding hydrogens is 243 g/mol. The lowest BCUT2D eigenvalue weighted by Gasteiger charge is -2.22. The second-order valence-electron chi connectivity index (χ2n) is 2.58. The zero-order chi connectivity index (χ0) is 11.0. The fourth-order valence-corrected chi connectivity index (χ4v) is 1.07. The van der Waals surface area contributed by atoms with Gasteiger partial charge in [0.1, 0.15) is 5.82 Å². The van der Waals surface area contributed by atoms with Crippen LogP contribution in [0.4, 0.5) is 17.6 Å². The zero-order valence-corrected chi connectivity index (χ0v) is 8.09. The molecule has 78 valence electrons. The molecule has 0 aliphatic carbocycles. The molecular formula is C8H4Cl2F4. The van der Waals surface area contributed by atoms with Crippen molar-refractivity contribution in [2.45, 2.75) is 10.5 Å². The fourth-order valence-electron chi connectivity index (χ4n) is 0.823. The van der Waals surface area contributed by atoms with Gasteiger partial charge in [0.25, 0.3) is 0 Å². The van der Waals surface area contributed by atoms with Crippen molar-refractivity contribution in [3.63, 3.8) is 0 Å². The Bertz CT molecular complexity index is 315. The lowest BCUT2D eigenvalue weighted by Crippen LogP contribution is -2.31. The molecule has 0 saturated heterocycles. The molecule has 0 aliphatic heterocycles. The predicted molar refractivity (Wildman–Crippen MR) is 45.8 cm³/mol. The summed E-state index contributed by atoms with van der Waals surface area (Å²) in [6, 6.07) is 3.51. The van der Waals surface area contributed by atoms with Gasteiger partial charge in [-0.3, -0.25) is 0 Å². The third-order valence-electron chi connectivity index (χ3n) is 1.56. The van der Waals surface area contributed by atoms with Gasteiger partial charge in [-0.1, -0.05) is 35.3 Å². The molecule has 0 heterocycles. The number of halogens is 6. The molecule has 0 atom stereocenters. The smallest absolute Gasteiger partial charge is 0.207 e. The Morgan fingerprint density at radius 1 is 0.929 bits per heavy atom. The highest BCUT2D eigenvalue weighted by atomic mass is 35.5. The van der Waals surface area contributed by atoms with E-state index in [-0.39, 0.29) is 0 Å². The van der Waals surface area contributed by atoms with Crippen LogP contribution in [-0.2, 0) is 4.33 Å². The summed E-state index contributed by atoms with van der Waals surface area (Å²) in [7, 11) is 0. The molecule has 0 spiro atoms. The van der Waals surface area contributed by atoms with Crippen molar-refractivity contribution in [2.75, 3.05) is 0 Å². The van der Waals surface area contributed by atoms with Gasteiger partial charge >= 0.3 is 6.18 Å². The lowest BCUT2D eigenvalue weighted by molar-refractivity contribution is -0.143. The monoisotopic (exact) mass is 246 g/mol. The SMILES string of the molecule is Fc1ccc(C(Cl)(Cl)C(F)(F)F)cc1. The van der Waals surface area contributed by atoms with Gasteiger partial charge in [-0.05, 0) is 17.7 Å².